The molecule has 11 nitrogen and oxygen atoms in total. The largest absolute Gasteiger partial charge is 0.463 e. The number of hydrogen-bond donors (Lipinski definition) is 1. The van der Waals surface area contributed by atoms with Gasteiger partial charge in [-0.25, -0.2) is 0 Å². The molecule has 1 amide bonds. The molecule has 0 radical (unpaired) electrons. The summed E-state index contributed by atoms with van der Waals surface area (Å²) in [6.45, 7) is 4.30. The van der Waals surface area contributed by atoms with Gasteiger partial charge in [-0.05, 0) is 0 Å². The lowest BCUT2D eigenvalue weighted by atomic mass is 9.96. The highest BCUT2D eigenvalue weighted by Gasteiger charge is 2.51. The molecular formula is C15H21NO10. The Balaban J connectivity index is 3.24. The van der Waals surface area contributed by atoms with E-state index in [4.69, 9.17) is 23.7 Å². The molecule has 1 rings (SSSR count). The second-order valence-corrected chi connectivity index (χ2v) is 5.45. The van der Waals surface area contributed by atoms with E-state index in [0.29, 0.717) is 0 Å². The van der Waals surface area contributed by atoms with Gasteiger partial charge in [0.25, 0.3) is 6.47 Å². The molecular weight excluding hydrogens is 354 g/mol. The van der Waals surface area contributed by atoms with Crippen molar-refractivity contribution in [3.8, 4) is 0 Å². The lowest BCUT2D eigenvalue weighted by molar-refractivity contribution is -0.267. The number of hydrogen-bond acceptors (Lipinski definition) is 10. The summed E-state index contributed by atoms with van der Waals surface area (Å²) in [5, 5.41) is 2.44. The molecule has 0 aromatic heterocycles. The van der Waals surface area contributed by atoms with Crippen molar-refractivity contribution in [3.63, 3.8) is 0 Å². The zero-order valence-corrected chi connectivity index (χ0v) is 14.8. The van der Waals surface area contributed by atoms with Crippen LogP contribution in [0.4, 0.5) is 0 Å². The highest BCUT2D eigenvalue weighted by Crippen LogP contribution is 2.27. The number of rotatable bonds is 7. The summed E-state index contributed by atoms with van der Waals surface area (Å²) in [4.78, 5) is 56.3. The average Bonchev–Trinajstić information content (AvgIpc) is 2.50. The van der Waals surface area contributed by atoms with Crippen molar-refractivity contribution in [1.29, 1.82) is 0 Å². The topological polar surface area (TPSA) is 144 Å². The molecule has 0 aromatic rings. The first kappa shape index (κ1) is 21.4. The lowest BCUT2D eigenvalue weighted by Crippen LogP contribution is -2.66. The minimum absolute atomic E-state index is 0.0827. The number of ether oxygens (including phenoxy) is 5. The predicted molar refractivity (Wildman–Crippen MR) is 81.2 cm³/mol. The summed E-state index contributed by atoms with van der Waals surface area (Å²) in [6, 6.07) is -1.15. The second-order valence-electron chi connectivity index (χ2n) is 5.45. The lowest BCUT2D eigenvalue weighted by Gasteiger charge is -2.44. The van der Waals surface area contributed by atoms with E-state index in [1.807, 2.05) is 0 Å². The maximum Gasteiger partial charge on any atom is 0.303 e. The summed E-state index contributed by atoms with van der Waals surface area (Å²) in [5.74, 6) is -2.62. The number of esters is 3. The van der Waals surface area contributed by atoms with Crippen LogP contribution in [0.2, 0.25) is 0 Å². The third-order valence-corrected chi connectivity index (χ3v) is 3.26. The van der Waals surface area contributed by atoms with Crippen LogP contribution >= 0.6 is 0 Å². The van der Waals surface area contributed by atoms with Crippen LogP contribution in [0.1, 0.15) is 27.7 Å². The number of carbonyl (C=O) groups excluding carboxylic acids is 5. The summed E-state index contributed by atoms with van der Waals surface area (Å²) in [6.07, 6.45) is -4.95. The van der Waals surface area contributed by atoms with Crippen molar-refractivity contribution >= 4 is 30.3 Å². The van der Waals surface area contributed by atoms with Gasteiger partial charge in [-0.2, -0.15) is 0 Å². The molecule has 11 heteroatoms. The van der Waals surface area contributed by atoms with Crippen LogP contribution < -0.4 is 5.32 Å². The monoisotopic (exact) mass is 375 g/mol. The molecule has 1 saturated heterocycles. The fourth-order valence-corrected chi connectivity index (χ4v) is 2.46. The molecule has 26 heavy (non-hydrogen) atoms. The van der Waals surface area contributed by atoms with Gasteiger partial charge in [-0.1, -0.05) is 0 Å². The first-order valence-electron chi connectivity index (χ1n) is 7.65. The van der Waals surface area contributed by atoms with Crippen LogP contribution in [-0.4, -0.2) is 67.5 Å². The fraction of sp³-hybridized carbons (Fsp3) is 0.667. The molecule has 1 aliphatic heterocycles. The quantitative estimate of drug-likeness (QED) is 0.328. The molecule has 1 N–H and O–H groups in total. The Kier molecular flexibility index (Phi) is 7.97. The summed E-state index contributed by atoms with van der Waals surface area (Å²) >= 11 is 0. The van der Waals surface area contributed by atoms with Crippen LogP contribution in [0.15, 0.2) is 0 Å². The Morgan fingerprint density at radius 3 is 2.00 bits per heavy atom. The Morgan fingerprint density at radius 1 is 0.962 bits per heavy atom. The standard InChI is InChI=1S/C15H21NO10/c1-7(18)16-12-14(25-10(4)21)13(24-9(3)20)11(5-22-8(2)19)26-15(12)23-6-17/h6,11-15H,5H2,1-4H3,(H,16,18)/t11-,12-,13-,14-,15-/m1/s1. The van der Waals surface area contributed by atoms with E-state index < -0.39 is 54.5 Å². The Labute approximate surface area is 149 Å². The first-order valence-corrected chi connectivity index (χ1v) is 7.65. The van der Waals surface area contributed by atoms with Gasteiger partial charge in [0.15, 0.2) is 12.2 Å². The van der Waals surface area contributed by atoms with Gasteiger partial charge in [0.1, 0.15) is 18.8 Å². The van der Waals surface area contributed by atoms with Crippen LogP contribution in [0.25, 0.3) is 0 Å². The molecule has 1 aliphatic rings. The second kappa shape index (κ2) is 9.70. The summed E-state index contributed by atoms with van der Waals surface area (Å²) < 4.78 is 25.5. The molecule has 1 fully saturated rings. The van der Waals surface area contributed by atoms with Crippen LogP contribution in [0.5, 0.6) is 0 Å². The molecule has 146 valence electrons. The van der Waals surface area contributed by atoms with E-state index in [2.05, 4.69) is 5.32 Å². The van der Waals surface area contributed by atoms with Crippen LogP contribution in [0.3, 0.4) is 0 Å². The van der Waals surface area contributed by atoms with E-state index >= 15 is 0 Å². The van der Waals surface area contributed by atoms with Gasteiger partial charge < -0.3 is 29.0 Å². The third kappa shape index (κ3) is 6.31. The van der Waals surface area contributed by atoms with Crippen LogP contribution in [0, 0.1) is 0 Å². The molecule has 0 bridgehead atoms. The van der Waals surface area contributed by atoms with Crippen molar-refractivity contribution in [3.05, 3.63) is 0 Å². The van der Waals surface area contributed by atoms with Gasteiger partial charge >= 0.3 is 17.9 Å². The molecule has 0 aromatic carbocycles. The SMILES string of the molecule is CC(=O)N[C@H]1[C@H](OC=O)O[C@H](COC(C)=O)[C@@H](OC(C)=O)[C@@H]1OC(C)=O. The molecule has 0 saturated carbocycles. The maximum absolute atomic E-state index is 11.5. The van der Waals surface area contributed by atoms with Gasteiger partial charge in [0, 0.05) is 27.7 Å². The van der Waals surface area contributed by atoms with Crippen molar-refractivity contribution in [2.24, 2.45) is 0 Å². The predicted octanol–water partition coefficient (Wildman–Crippen LogP) is -1.18. The van der Waals surface area contributed by atoms with Crippen molar-refractivity contribution < 1.29 is 47.7 Å². The zero-order chi connectivity index (χ0) is 19.9. The van der Waals surface area contributed by atoms with E-state index in [-0.39, 0.29) is 13.1 Å². The number of amides is 1. The third-order valence-electron chi connectivity index (χ3n) is 3.26. The summed E-state index contributed by atoms with van der Waals surface area (Å²) in [7, 11) is 0. The zero-order valence-electron chi connectivity index (χ0n) is 14.8. The van der Waals surface area contributed by atoms with Crippen molar-refractivity contribution in [2.75, 3.05) is 6.61 Å². The minimum Gasteiger partial charge on any atom is -0.463 e. The van der Waals surface area contributed by atoms with Gasteiger partial charge in [-0.15, -0.1) is 0 Å². The van der Waals surface area contributed by atoms with Crippen LogP contribution in [-0.2, 0) is 47.7 Å². The van der Waals surface area contributed by atoms with E-state index in [1.165, 1.54) is 6.92 Å². The first-order chi connectivity index (χ1) is 12.1. The van der Waals surface area contributed by atoms with Gasteiger partial charge in [0.2, 0.25) is 12.2 Å². The van der Waals surface area contributed by atoms with E-state index in [9.17, 15) is 24.0 Å². The molecule has 5 atom stereocenters. The smallest absolute Gasteiger partial charge is 0.303 e. The molecule has 0 spiro atoms. The highest BCUT2D eigenvalue weighted by molar-refractivity contribution is 5.73. The van der Waals surface area contributed by atoms with Crippen molar-refractivity contribution in [1.82, 2.24) is 5.32 Å². The average molecular weight is 375 g/mol. The Bertz CT molecular complexity index is 563. The van der Waals surface area contributed by atoms with E-state index in [0.717, 1.165) is 20.8 Å². The number of carbonyl (C=O) groups is 5. The molecule has 0 unspecified atom stereocenters. The van der Waals surface area contributed by atoms with E-state index in [1.54, 1.807) is 0 Å². The molecule has 0 aliphatic carbocycles. The van der Waals surface area contributed by atoms with Gasteiger partial charge in [0.05, 0.1) is 0 Å². The minimum atomic E-state index is -1.37. The fourth-order valence-electron chi connectivity index (χ4n) is 2.46. The highest BCUT2D eigenvalue weighted by atomic mass is 16.7. The number of nitrogens with one attached hydrogen (secondary N) is 1. The van der Waals surface area contributed by atoms with Gasteiger partial charge in [-0.3, -0.25) is 24.0 Å². The summed E-state index contributed by atoms with van der Waals surface area (Å²) in [5.41, 5.74) is 0. The molecule has 1 heterocycles. The Hall–Kier alpha value is -2.69. The maximum atomic E-state index is 11.5. The Morgan fingerprint density at radius 2 is 1.54 bits per heavy atom. The van der Waals surface area contributed by atoms with Crippen molar-refractivity contribution in [2.45, 2.75) is 58.3 Å². The normalized spacial score (nSPS) is 27.6.